The smallest absolute Gasteiger partial charge is 0.165 e. The van der Waals surface area contributed by atoms with Crippen molar-refractivity contribution < 1.29 is 13.9 Å². The molecule has 0 radical (unpaired) electrons. The summed E-state index contributed by atoms with van der Waals surface area (Å²) in [4.78, 5) is 0. The first-order valence-electron chi connectivity index (χ1n) is 6.46. The molecule has 18 heavy (non-hydrogen) atoms. The van der Waals surface area contributed by atoms with Crippen LogP contribution in [-0.2, 0) is 4.74 Å². The van der Waals surface area contributed by atoms with E-state index in [0.29, 0.717) is 6.61 Å². The lowest BCUT2D eigenvalue weighted by Crippen LogP contribution is -2.11. The number of hydrogen-bond acceptors (Lipinski definition) is 3. The Kier molecular flexibility index (Phi) is 4.55. The standard InChI is InChI=1S/C14H20FNO2/c1-10(16)11-4-5-14(13(15)9-11)18-8-6-12-3-2-7-17-12/h4-5,9-10,12H,2-3,6-8,16H2,1H3/t10-,12?/m0/s1. The highest BCUT2D eigenvalue weighted by Crippen LogP contribution is 2.22. The molecule has 4 heteroatoms. The average Bonchev–Trinajstić information content (AvgIpc) is 2.84. The molecule has 3 nitrogen and oxygen atoms in total. The summed E-state index contributed by atoms with van der Waals surface area (Å²) >= 11 is 0. The van der Waals surface area contributed by atoms with Crippen molar-refractivity contribution in [1.82, 2.24) is 0 Å². The molecule has 1 fully saturated rings. The SMILES string of the molecule is C[C@H](N)c1ccc(OCCC2CCCO2)c(F)c1. The van der Waals surface area contributed by atoms with Crippen LogP contribution in [-0.4, -0.2) is 19.3 Å². The van der Waals surface area contributed by atoms with Crippen molar-refractivity contribution in [2.45, 2.75) is 38.3 Å². The first kappa shape index (κ1) is 13.3. The lowest BCUT2D eigenvalue weighted by molar-refractivity contribution is 0.0897. The molecular formula is C14H20FNO2. The molecule has 1 aromatic rings. The summed E-state index contributed by atoms with van der Waals surface area (Å²) in [5.41, 5.74) is 6.47. The van der Waals surface area contributed by atoms with E-state index in [1.807, 2.05) is 6.92 Å². The van der Waals surface area contributed by atoms with E-state index in [2.05, 4.69) is 0 Å². The number of hydrogen-bond donors (Lipinski definition) is 1. The molecule has 0 amide bonds. The molecule has 2 N–H and O–H groups in total. The van der Waals surface area contributed by atoms with Crippen LogP contribution in [0.2, 0.25) is 0 Å². The van der Waals surface area contributed by atoms with Crippen molar-refractivity contribution in [3.05, 3.63) is 29.6 Å². The summed E-state index contributed by atoms with van der Waals surface area (Å²) < 4.78 is 24.6. The number of benzene rings is 1. The predicted octanol–water partition coefficient (Wildman–Crippen LogP) is 2.79. The van der Waals surface area contributed by atoms with Crippen LogP contribution in [0.5, 0.6) is 5.75 Å². The van der Waals surface area contributed by atoms with Gasteiger partial charge in [-0.2, -0.15) is 0 Å². The fourth-order valence-electron chi connectivity index (χ4n) is 2.09. The summed E-state index contributed by atoms with van der Waals surface area (Å²) in [6.45, 7) is 3.15. The van der Waals surface area contributed by atoms with Gasteiger partial charge < -0.3 is 15.2 Å². The highest BCUT2D eigenvalue weighted by molar-refractivity contribution is 5.30. The van der Waals surface area contributed by atoms with Gasteiger partial charge in [0.15, 0.2) is 11.6 Å². The Bertz CT molecular complexity index is 389. The van der Waals surface area contributed by atoms with E-state index >= 15 is 0 Å². The van der Waals surface area contributed by atoms with Crippen molar-refractivity contribution in [3.8, 4) is 5.75 Å². The quantitative estimate of drug-likeness (QED) is 0.877. The molecule has 1 saturated heterocycles. The zero-order valence-electron chi connectivity index (χ0n) is 10.7. The molecule has 2 atom stereocenters. The predicted molar refractivity (Wildman–Crippen MR) is 68.1 cm³/mol. The Balaban J connectivity index is 1.85. The third-order valence-corrected chi connectivity index (χ3v) is 3.20. The van der Waals surface area contributed by atoms with E-state index in [0.717, 1.165) is 31.4 Å². The summed E-state index contributed by atoms with van der Waals surface area (Å²) in [6.07, 6.45) is 3.28. The molecule has 0 spiro atoms. The lowest BCUT2D eigenvalue weighted by Gasteiger charge is -2.12. The minimum Gasteiger partial charge on any atom is -0.490 e. The van der Waals surface area contributed by atoms with Crippen molar-refractivity contribution in [3.63, 3.8) is 0 Å². The minimum absolute atomic E-state index is 0.166. The van der Waals surface area contributed by atoms with Crippen LogP contribution >= 0.6 is 0 Å². The van der Waals surface area contributed by atoms with E-state index in [1.165, 1.54) is 6.07 Å². The van der Waals surface area contributed by atoms with Crippen molar-refractivity contribution in [1.29, 1.82) is 0 Å². The third kappa shape index (κ3) is 3.43. The summed E-state index contributed by atoms with van der Waals surface area (Å²) in [7, 11) is 0. The number of halogens is 1. The zero-order valence-corrected chi connectivity index (χ0v) is 10.7. The van der Waals surface area contributed by atoms with Crippen LogP contribution in [0.1, 0.15) is 37.8 Å². The van der Waals surface area contributed by atoms with Crippen molar-refractivity contribution in [2.75, 3.05) is 13.2 Å². The zero-order chi connectivity index (χ0) is 13.0. The maximum atomic E-state index is 13.7. The maximum Gasteiger partial charge on any atom is 0.165 e. The van der Waals surface area contributed by atoms with Gasteiger partial charge >= 0.3 is 0 Å². The largest absolute Gasteiger partial charge is 0.490 e. The second kappa shape index (κ2) is 6.16. The van der Waals surface area contributed by atoms with Crippen LogP contribution in [0.3, 0.4) is 0 Å². The van der Waals surface area contributed by atoms with Gasteiger partial charge in [0.05, 0.1) is 12.7 Å². The number of ether oxygens (including phenoxy) is 2. The van der Waals surface area contributed by atoms with Crippen LogP contribution in [0.15, 0.2) is 18.2 Å². The van der Waals surface area contributed by atoms with Gasteiger partial charge in [0.1, 0.15) is 0 Å². The van der Waals surface area contributed by atoms with Crippen molar-refractivity contribution >= 4 is 0 Å². The first-order valence-corrected chi connectivity index (χ1v) is 6.46. The molecule has 0 bridgehead atoms. The van der Waals surface area contributed by atoms with Gasteiger partial charge in [0.2, 0.25) is 0 Å². The molecule has 100 valence electrons. The third-order valence-electron chi connectivity index (χ3n) is 3.20. The number of nitrogens with two attached hydrogens (primary N) is 1. The Hall–Kier alpha value is -1.13. The highest BCUT2D eigenvalue weighted by Gasteiger charge is 2.15. The lowest BCUT2D eigenvalue weighted by atomic mass is 10.1. The summed E-state index contributed by atoms with van der Waals surface area (Å²) in [6, 6.07) is 4.71. The molecule has 1 unspecified atom stereocenters. The van der Waals surface area contributed by atoms with Gasteiger partial charge in [-0.25, -0.2) is 4.39 Å². The van der Waals surface area contributed by atoms with Gasteiger partial charge in [-0.05, 0) is 37.5 Å². The molecule has 0 saturated carbocycles. The van der Waals surface area contributed by atoms with Crippen LogP contribution in [0, 0.1) is 5.82 Å². The second-order valence-corrected chi connectivity index (χ2v) is 4.75. The van der Waals surface area contributed by atoms with Gasteiger partial charge in [0, 0.05) is 19.1 Å². The van der Waals surface area contributed by atoms with E-state index in [-0.39, 0.29) is 23.7 Å². The molecule has 2 rings (SSSR count). The fourth-order valence-corrected chi connectivity index (χ4v) is 2.09. The molecule has 0 aliphatic carbocycles. The topological polar surface area (TPSA) is 44.5 Å². The number of rotatable bonds is 5. The summed E-state index contributed by atoms with van der Waals surface area (Å²) in [5, 5.41) is 0. The monoisotopic (exact) mass is 253 g/mol. The minimum atomic E-state index is -0.350. The Morgan fingerprint density at radius 1 is 1.56 bits per heavy atom. The van der Waals surface area contributed by atoms with E-state index in [1.54, 1.807) is 12.1 Å². The van der Waals surface area contributed by atoms with Gasteiger partial charge in [0.25, 0.3) is 0 Å². The average molecular weight is 253 g/mol. The van der Waals surface area contributed by atoms with Gasteiger partial charge in [-0.15, -0.1) is 0 Å². The molecular weight excluding hydrogens is 233 g/mol. The van der Waals surface area contributed by atoms with E-state index < -0.39 is 0 Å². The van der Waals surface area contributed by atoms with E-state index in [9.17, 15) is 4.39 Å². The molecule has 1 aliphatic rings. The van der Waals surface area contributed by atoms with Gasteiger partial charge in [-0.1, -0.05) is 6.07 Å². The summed E-state index contributed by atoms with van der Waals surface area (Å²) in [5.74, 6) is -0.0606. The Morgan fingerprint density at radius 2 is 2.39 bits per heavy atom. The molecule has 1 heterocycles. The molecule has 1 aliphatic heterocycles. The second-order valence-electron chi connectivity index (χ2n) is 4.75. The van der Waals surface area contributed by atoms with Crippen LogP contribution in [0.4, 0.5) is 4.39 Å². The van der Waals surface area contributed by atoms with Crippen LogP contribution in [0.25, 0.3) is 0 Å². The maximum absolute atomic E-state index is 13.7. The Morgan fingerprint density at radius 3 is 3.00 bits per heavy atom. The normalized spacial score (nSPS) is 20.9. The molecule has 0 aromatic heterocycles. The highest BCUT2D eigenvalue weighted by atomic mass is 19.1. The van der Waals surface area contributed by atoms with E-state index in [4.69, 9.17) is 15.2 Å². The Labute approximate surface area is 107 Å². The molecule has 1 aromatic carbocycles. The van der Waals surface area contributed by atoms with Crippen LogP contribution < -0.4 is 10.5 Å². The fraction of sp³-hybridized carbons (Fsp3) is 0.571. The van der Waals surface area contributed by atoms with Gasteiger partial charge in [-0.3, -0.25) is 0 Å². The first-order chi connectivity index (χ1) is 8.66. The van der Waals surface area contributed by atoms with Crippen molar-refractivity contribution in [2.24, 2.45) is 5.73 Å².